The van der Waals surface area contributed by atoms with Crippen molar-refractivity contribution in [2.24, 2.45) is 0 Å². The highest BCUT2D eigenvalue weighted by Crippen LogP contribution is 2.40. The summed E-state index contributed by atoms with van der Waals surface area (Å²) in [6.45, 7) is 4.71. The number of halogens is 3. The van der Waals surface area contributed by atoms with Gasteiger partial charge in [-0.1, -0.05) is 11.6 Å². The van der Waals surface area contributed by atoms with Gasteiger partial charge in [0.15, 0.2) is 5.82 Å². The maximum Gasteiger partial charge on any atom is 0.273 e. The lowest BCUT2D eigenvalue weighted by molar-refractivity contribution is -0.120. The Morgan fingerprint density at radius 3 is 2.86 bits per heavy atom. The molecule has 5 heterocycles. The highest BCUT2D eigenvalue weighted by Gasteiger charge is 2.35. The van der Waals surface area contributed by atoms with E-state index in [2.05, 4.69) is 20.7 Å². The number of aryl methyl sites for hydroxylation is 2. The molecule has 3 aliphatic rings. The van der Waals surface area contributed by atoms with Crippen LogP contribution < -0.4 is 20.9 Å². The van der Waals surface area contributed by atoms with Crippen molar-refractivity contribution in [1.82, 2.24) is 30.0 Å². The zero-order valence-electron chi connectivity index (χ0n) is 25.5. The molecule has 6 rings (SSSR count). The first-order valence-electron chi connectivity index (χ1n) is 15.0. The molecule has 2 aliphatic heterocycles. The number of nitrogens with zero attached hydrogens (tertiary/aromatic N) is 4. The number of hydrogen-bond donors (Lipinski definition) is 2. The van der Waals surface area contributed by atoms with Gasteiger partial charge in [-0.2, -0.15) is 5.10 Å². The van der Waals surface area contributed by atoms with E-state index in [9.17, 15) is 14.0 Å². The van der Waals surface area contributed by atoms with Gasteiger partial charge in [0.1, 0.15) is 34.6 Å². The van der Waals surface area contributed by atoms with Crippen molar-refractivity contribution in [3.05, 3.63) is 86.0 Å². The zero-order chi connectivity index (χ0) is 31.6. The Labute approximate surface area is 249 Å². The third kappa shape index (κ3) is 5.19. The molecule has 0 saturated heterocycles. The van der Waals surface area contributed by atoms with Crippen LogP contribution in [0.25, 0.3) is 0 Å². The second kappa shape index (κ2) is 10.8. The Morgan fingerprint density at radius 2 is 2.07 bits per heavy atom. The summed E-state index contributed by atoms with van der Waals surface area (Å²) in [5, 5.41) is 10.4. The molecule has 12 heteroatoms. The molecule has 42 heavy (non-hydrogen) atoms. The van der Waals surface area contributed by atoms with Gasteiger partial charge in [-0.25, -0.2) is 13.5 Å². The Kier molecular flexibility index (Phi) is 6.69. The molecule has 3 aromatic heterocycles. The van der Waals surface area contributed by atoms with Crippen LogP contribution in [0.15, 0.2) is 41.1 Å². The van der Waals surface area contributed by atoms with Gasteiger partial charge in [0.05, 0.1) is 29.7 Å². The van der Waals surface area contributed by atoms with E-state index >= 15 is 4.39 Å². The first-order chi connectivity index (χ1) is 20.7. The maximum atomic E-state index is 15.1. The summed E-state index contributed by atoms with van der Waals surface area (Å²) < 4.78 is 54.9. The van der Waals surface area contributed by atoms with Gasteiger partial charge in [-0.05, 0) is 75.7 Å². The minimum Gasteiger partial charge on any atom is -0.482 e. The number of pyridine rings is 2. The average molecular weight is 601 g/mol. The molecule has 9 nitrogen and oxygen atoms in total. The predicted molar refractivity (Wildman–Crippen MR) is 152 cm³/mol. The van der Waals surface area contributed by atoms with Gasteiger partial charge in [0.2, 0.25) is 5.91 Å². The van der Waals surface area contributed by atoms with Gasteiger partial charge < -0.3 is 19.9 Å². The highest BCUT2D eigenvalue weighted by atomic mass is 35.5. The molecule has 2 unspecified atom stereocenters. The fourth-order valence-corrected chi connectivity index (χ4v) is 6.35. The molecular weight excluding hydrogens is 566 g/mol. The molecule has 222 valence electrons. The smallest absolute Gasteiger partial charge is 0.273 e. The van der Waals surface area contributed by atoms with Crippen molar-refractivity contribution in [3.63, 3.8) is 0 Å². The lowest BCUT2D eigenvalue weighted by atomic mass is 9.91. The van der Waals surface area contributed by atoms with Gasteiger partial charge in [0, 0.05) is 27.8 Å². The maximum absolute atomic E-state index is 15.1. The van der Waals surface area contributed by atoms with Crippen molar-refractivity contribution < 1.29 is 21.1 Å². The Bertz CT molecular complexity index is 1740. The number of ether oxygens (including phenoxy) is 1. The first kappa shape index (κ1) is 25.9. The summed E-state index contributed by atoms with van der Waals surface area (Å²) in [6.07, 6.45) is 4.29. The summed E-state index contributed by atoms with van der Waals surface area (Å²) in [5.41, 5.74) is 0.717. The summed E-state index contributed by atoms with van der Waals surface area (Å²) >= 11 is 6.66. The second-order valence-corrected chi connectivity index (χ2v) is 11.9. The first-order valence-corrected chi connectivity index (χ1v) is 14.4. The number of hydrogen-bond acceptors (Lipinski definition) is 6. The van der Waals surface area contributed by atoms with Crippen molar-refractivity contribution >= 4 is 17.5 Å². The SMILES string of the molecule is [2H]C1([2H])CC(Oc2cc3n(c(=O)c2Cl)C2C[C@H](n4cc(F)c(C(C)(C)NC(C)=O)n4)NC=C2CCCC3)c2ncc(F)cc21. The average Bonchev–Trinajstić information content (AvgIpc) is 3.44. The lowest BCUT2D eigenvalue weighted by Crippen LogP contribution is -2.41. The quantitative estimate of drug-likeness (QED) is 0.420. The van der Waals surface area contributed by atoms with Crippen molar-refractivity contribution in [2.75, 3.05) is 0 Å². The molecule has 0 spiro atoms. The number of fused-ring (bicyclic) bond motifs is 4. The summed E-state index contributed by atoms with van der Waals surface area (Å²) in [4.78, 5) is 29.7. The number of amides is 1. The highest BCUT2D eigenvalue weighted by molar-refractivity contribution is 6.31. The summed E-state index contributed by atoms with van der Waals surface area (Å²) in [7, 11) is 0. The second-order valence-electron chi connectivity index (χ2n) is 11.5. The van der Waals surface area contributed by atoms with E-state index in [0.29, 0.717) is 18.5 Å². The molecule has 0 fully saturated rings. The van der Waals surface area contributed by atoms with Crippen LogP contribution >= 0.6 is 11.6 Å². The zero-order valence-corrected chi connectivity index (χ0v) is 24.3. The normalized spacial score (nSPS) is 23.6. The van der Waals surface area contributed by atoms with E-state index in [-0.39, 0.29) is 46.1 Å². The number of aromatic nitrogens is 4. The van der Waals surface area contributed by atoms with Gasteiger partial charge in [-0.3, -0.25) is 14.6 Å². The van der Waals surface area contributed by atoms with Crippen LogP contribution in [0.1, 0.15) is 96.6 Å². The molecule has 3 atom stereocenters. The topological polar surface area (TPSA) is 103 Å². The molecule has 1 aliphatic carbocycles. The van der Waals surface area contributed by atoms with E-state index < -0.39 is 41.4 Å². The largest absolute Gasteiger partial charge is 0.482 e. The standard InChI is InChI=1S/C30H33ClF2N6O3/c1-16(40)36-30(2,3)28-21(33)15-38(37-28)25-12-22-18(13-34-25)6-4-5-7-20-11-24(26(31)29(41)39(20)22)42-23-9-8-17-10-19(32)14-35-27(17)23/h10-11,13-15,22-23,25,34H,4-9,12H2,1-3H3,(H,36,40)/t22?,23?,25-/m0/s1/i8D2. The van der Waals surface area contributed by atoms with Gasteiger partial charge in [-0.15, -0.1) is 0 Å². The fraction of sp³-hybridized carbons (Fsp3) is 0.467. The minimum absolute atomic E-state index is 0.0967. The van der Waals surface area contributed by atoms with Crippen molar-refractivity contribution in [1.29, 1.82) is 0 Å². The van der Waals surface area contributed by atoms with Crippen LogP contribution in [0, 0.1) is 11.6 Å². The van der Waals surface area contributed by atoms with E-state index in [1.54, 1.807) is 24.5 Å². The van der Waals surface area contributed by atoms with Crippen LogP contribution in [0.3, 0.4) is 0 Å². The van der Waals surface area contributed by atoms with E-state index in [1.165, 1.54) is 17.8 Å². The molecule has 3 aromatic rings. The molecule has 0 bridgehead atoms. The van der Waals surface area contributed by atoms with Crippen molar-refractivity contribution in [3.8, 4) is 5.75 Å². The third-order valence-electron chi connectivity index (χ3n) is 8.05. The number of nitrogens with one attached hydrogen (secondary N) is 2. The van der Waals surface area contributed by atoms with Crippen molar-refractivity contribution in [2.45, 2.75) is 89.5 Å². The van der Waals surface area contributed by atoms with Crippen LogP contribution in [0.2, 0.25) is 5.02 Å². The molecular formula is C30H33ClF2N6O3. The molecule has 0 saturated carbocycles. The lowest BCUT2D eigenvalue weighted by Gasteiger charge is -2.35. The Balaban J connectivity index is 1.33. The summed E-state index contributed by atoms with van der Waals surface area (Å²) in [6, 6.07) is 2.46. The molecule has 2 N–H and O–H groups in total. The van der Waals surface area contributed by atoms with Crippen LogP contribution in [0.4, 0.5) is 8.78 Å². The Hall–Kier alpha value is -3.73. The fourth-order valence-electron chi connectivity index (χ4n) is 6.16. The van der Waals surface area contributed by atoms with Crippen LogP contribution in [-0.4, -0.2) is 25.2 Å². The van der Waals surface area contributed by atoms with E-state index in [0.717, 1.165) is 37.1 Å². The van der Waals surface area contributed by atoms with E-state index in [4.69, 9.17) is 19.1 Å². The molecule has 0 radical (unpaired) electrons. The predicted octanol–water partition coefficient (Wildman–Crippen LogP) is 5.15. The summed E-state index contributed by atoms with van der Waals surface area (Å²) in [5.74, 6) is -1.38. The van der Waals surface area contributed by atoms with Gasteiger partial charge in [0.25, 0.3) is 5.56 Å². The number of carbonyl (C=O) groups is 1. The third-order valence-corrected chi connectivity index (χ3v) is 8.40. The van der Waals surface area contributed by atoms with Crippen LogP contribution in [-0.2, 0) is 23.1 Å². The van der Waals surface area contributed by atoms with Gasteiger partial charge >= 0.3 is 0 Å². The number of allylic oxidation sites excluding steroid dienone is 1. The minimum atomic E-state index is -1.85. The molecule has 1 amide bonds. The molecule has 0 aromatic carbocycles. The van der Waals surface area contributed by atoms with E-state index in [1.807, 2.05) is 6.20 Å². The monoisotopic (exact) mass is 600 g/mol. The Morgan fingerprint density at radius 1 is 1.29 bits per heavy atom. The number of carbonyl (C=O) groups excluding carboxylic acids is 1. The van der Waals surface area contributed by atoms with Crippen LogP contribution in [0.5, 0.6) is 5.75 Å². The number of rotatable bonds is 5.